The third kappa shape index (κ3) is 5.32. The SMILES string of the molecule is [2H]c1c([2H])c([2H])c2c(c1[2H])c1c([2H])c([2H])c([2H])c([2H])c1n2-c1ccc(-c2cccc3c2sc2c(-c4ccccc4)cccc23)cc1-c1nc(-c2ccccc2)nc(-c2ccccc2)n1. The second-order valence-electron chi connectivity index (χ2n) is 13.4. The maximum Gasteiger partial charge on any atom is 0.166 e. The van der Waals surface area contributed by atoms with E-state index in [2.05, 4.69) is 42.5 Å². The topological polar surface area (TPSA) is 43.6 Å². The van der Waals surface area contributed by atoms with Gasteiger partial charge in [-0.25, -0.2) is 15.0 Å². The number of rotatable bonds is 6. The number of nitrogens with zero attached hydrogens (tertiary/aromatic N) is 4. The van der Waals surface area contributed by atoms with Crippen LogP contribution in [0.1, 0.15) is 11.0 Å². The number of benzene rings is 8. The van der Waals surface area contributed by atoms with Crippen molar-refractivity contribution in [2.24, 2.45) is 0 Å². The van der Waals surface area contributed by atoms with Crippen LogP contribution in [0.25, 0.3) is 104 Å². The van der Waals surface area contributed by atoms with Gasteiger partial charge in [-0.2, -0.15) is 0 Å². The van der Waals surface area contributed by atoms with E-state index in [1.165, 1.54) is 4.57 Å². The molecule has 5 heteroatoms. The Morgan fingerprint density at radius 3 is 1.43 bits per heavy atom. The van der Waals surface area contributed by atoms with E-state index in [0.29, 0.717) is 22.9 Å². The first-order valence-electron chi connectivity index (χ1n) is 22.1. The zero-order valence-electron chi connectivity index (χ0n) is 37.6. The maximum absolute atomic E-state index is 9.30. The van der Waals surface area contributed by atoms with Crippen LogP contribution >= 0.6 is 11.3 Å². The van der Waals surface area contributed by atoms with Crippen molar-refractivity contribution in [1.29, 1.82) is 0 Å². The molecular weight excluding hydrogens is 701 g/mol. The van der Waals surface area contributed by atoms with E-state index in [9.17, 15) is 2.74 Å². The van der Waals surface area contributed by atoms with Crippen LogP contribution < -0.4 is 0 Å². The highest BCUT2D eigenvalue weighted by molar-refractivity contribution is 7.26. The summed E-state index contributed by atoms with van der Waals surface area (Å²) in [6.07, 6.45) is 0. The predicted octanol–water partition coefficient (Wildman–Crippen LogP) is 13.7. The Morgan fingerprint density at radius 1 is 0.393 bits per heavy atom. The molecule has 0 fully saturated rings. The van der Waals surface area contributed by atoms with Crippen molar-refractivity contribution in [2.75, 3.05) is 0 Å². The van der Waals surface area contributed by atoms with Crippen LogP contribution in [0.15, 0.2) is 194 Å². The molecule has 4 nitrogen and oxygen atoms in total. The molecule has 0 radical (unpaired) electrons. The highest BCUT2D eigenvalue weighted by atomic mass is 32.1. The Balaban J connectivity index is 1.27. The van der Waals surface area contributed by atoms with E-state index >= 15 is 0 Å². The van der Waals surface area contributed by atoms with Gasteiger partial charge in [0.05, 0.1) is 27.7 Å². The van der Waals surface area contributed by atoms with Gasteiger partial charge in [-0.3, -0.25) is 0 Å². The summed E-state index contributed by atoms with van der Waals surface area (Å²) in [4.78, 5) is 15.2. The molecule has 0 saturated heterocycles. The molecule has 262 valence electrons. The largest absolute Gasteiger partial charge is 0.309 e. The van der Waals surface area contributed by atoms with Crippen molar-refractivity contribution in [3.05, 3.63) is 194 Å². The van der Waals surface area contributed by atoms with E-state index in [1.807, 2.05) is 103 Å². The van der Waals surface area contributed by atoms with Crippen molar-refractivity contribution in [2.45, 2.75) is 0 Å². The molecule has 56 heavy (non-hydrogen) atoms. The Bertz CT molecular complexity index is 3570. The molecule has 0 unspecified atom stereocenters. The third-order valence-corrected chi connectivity index (χ3v) is 11.4. The lowest BCUT2D eigenvalue weighted by molar-refractivity contribution is 1.06. The van der Waals surface area contributed by atoms with Crippen LogP contribution in [0, 0.1) is 0 Å². The summed E-state index contributed by atoms with van der Waals surface area (Å²) in [7, 11) is 0. The summed E-state index contributed by atoms with van der Waals surface area (Å²) in [5, 5.41) is 2.19. The van der Waals surface area contributed by atoms with Gasteiger partial charge in [-0.1, -0.05) is 170 Å². The van der Waals surface area contributed by atoms with Crippen molar-refractivity contribution in [3.8, 4) is 62.1 Å². The molecule has 0 saturated carbocycles. The highest BCUT2D eigenvalue weighted by Crippen LogP contribution is 2.45. The standard InChI is InChI=1S/C51H32N4S/c1-4-16-33(17-5-1)37-24-14-26-41-42-27-15-25-38(48(42)56-47(37)41)36-30-31-46(55-44-28-12-10-22-39(44)40-23-11-13-29-45(40)55)43(32-36)51-53-49(34-18-6-2-7-19-34)52-50(54-51)35-20-8-3-9-21-35/h1-32H/i10D,11D,12D,13D,22D,23D,28D,29D. The Labute approximate surface area is 338 Å². The van der Waals surface area contributed by atoms with Gasteiger partial charge in [0.25, 0.3) is 0 Å². The van der Waals surface area contributed by atoms with Crippen LogP contribution in [-0.4, -0.2) is 19.5 Å². The Morgan fingerprint density at radius 2 is 0.875 bits per heavy atom. The van der Waals surface area contributed by atoms with Crippen LogP contribution in [-0.2, 0) is 0 Å². The lowest BCUT2D eigenvalue weighted by Gasteiger charge is -2.16. The molecule has 0 N–H and O–H groups in total. The smallest absolute Gasteiger partial charge is 0.166 e. The fraction of sp³-hybridized carbons (Fsp3) is 0. The lowest BCUT2D eigenvalue weighted by atomic mass is 9.98. The van der Waals surface area contributed by atoms with Crippen molar-refractivity contribution < 1.29 is 11.0 Å². The Kier molecular flexibility index (Phi) is 5.92. The highest BCUT2D eigenvalue weighted by Gasteiger charge is 2.21. The van der Waals surface area contributed by atoms with Crippen molar-refractivity contribution >= 4 is 53.3 Å². The zero-order valence-corrected chi connectivity index (χ0v) is 30.4. The molecular formula is C51H32N4S. The zero-order chi connectivity index (χ0) is 44.0. The van der Waals surface area contributed by atoms with Gasteiger partial charge in [0.15, 0.2) is 17.5 Å². The van der Waals surface area contributed by atoms with Crippen molar-refractivity contribution in [3.63, 3.8) is 0 Å². The third-order valence-electron chi connectivity index (χ3n) is 10.1. The van der Waals surface area contributed by atoms with Crippen LogP contribution in [0.2, 0.25) is 0 Å². The normalized spacial score (nSPS) is 13.6. The minimum atomic E-state index is -0.510. The van der Waals surface area contributed by atoms with Crippen molar-refractivity contribution in [1.82, 2.24) is 19.5 Å². The molecule has 3 heterocycles. The predicted molar refractivity (Wildman–Crippen MR) is 234 cm³/mol. The number of para-hydroxylation sites is 2. The first-order chi connectivity index (χ1) is 31.1. The molecule has 11 rings (SSSR count). The van der Waals surface area contributed by atoms with Gasteiger partial charge in [-0.15, -0.1) is 11.3 Å². The van der Waals surface area contributed by atoms with Gasteiger partial charge >= 0.3 is 0 Å². The second kappa shape index (κ2) is 13.3. The molecule has 3 aromatic heterocycles. The fourth-order valence-corrected chi connectivity index (χ4v) is 8.93. The molecule has 0 aliphatic heterocycles. The molecule has 0 spiro atoms. The number of thiophene rings is 1. The molecule has 0 atom stereocenters. The summed E-state index contributed by atoms with van der Waals surface area (Å²) in [6, 6.07) is 44.1. The average molecular weight is 741 g/mol. The summed E-state index contributed by atoms with van der Waals surface area (Å²) in [6.45, 7) is 0. The second-order valence-corrected chi connectivity index (χ2v) is 14.4. The van der Waals surface area contributed by atoms with E-state index in [0.717, 1.165) is 53.6 Å². The molecule has 0 aliphatic carbocycles. The quantitative estimate of drug-likeness (QED) is 0.170. The first-order valence-corrected chi connectivity index (χ1v) is 18.9. The first kappa shape index (κ1) is 25.0. The molecule has 0 aliphatic rings. The number of fused-ring (bicyclic) bond motifs is 6. The summed E-state index contributed by atoms with van der Waals surface area (Å²) in [5.74, 6) is 1.04. The van der Waals surface area contributed by atoms with E-state index in [4.69, 9.17) is 23.2 Å². The molecule has 0 amide bonds. The van der Waals surface area contributed by atoms with Gasteiger partial charge in [-0.05, 0) is 46.5 Å². The van der Waals surface area contributed by atoms with Gasteiger partial charge in [0.2, 0.25) is 0 Å². The number of hydrogen-bond donors (Lipinski definition) is 0. The fourth-order valence-electron chi connectivity index (χ4n) is 7.56. The Hall–Kier alpha value is -7.21. The number of hydrogen-bond acceptors (Lipinski definition) is 4. The van der Waals surface area contributed by atoms with Gasteiger partial charge in [0.1, 0.15) is 0 Å². The molecule has 11 aromatic rings. The van der Waals surface area contributed by atoms with Gasteiger partial charge < -0.3 is 4.57 Å². The molecule has 0 bridgehead atoms. The summed E-state index contributed by atoms with van der Waals surface area (Å²) in [5.41, 5.74) is 6.28. The average Bonchev–Trinajstić information content (AvgIpc) is 3.92. The summed E-state index contributed by atoms with van der Waals surface area (Å²) < 4.78 is 75.4. The number of aromatic nitrogens is 4. The van der Waals surface area contributed by atoms with Gasteiger partial charge in [0, 0.05) is 47.6 Å². The molecule has 8 aromatic carbocycles. The maximum atomic E-state index is 9.30. The van der Waals surface area contributed by atoms with E-state index < -0.39 is 48.3 Å². The monoisotopic (exact) mass is 740 g/mol. The van der Waals surface area contributed by atoms with E-state index in [1.54, 1.807) is 11.3 Å². The minimum absolute atomic E-state index is 0.00247. The van der Waals surface area contributed by atoms with E-state index in [-0.39, 0.29) is 27.6 Å². The minimum Gasteiger partial charge on any atom is -0.309 e. The van der Waals surface area contributed by atoms with Crippen LogP contribution in [0.4, 0.5) is 0 Å². The van der Waals surface area contributed by atoms with Crippen LogP contribution in [0.5, 0.6) is 0 Å². The van der Waals surface area contributed by atoms with Crippen LogP contribution in [0.3, 0.4) is 0 Å². The summed E-state index contributed by atoms with van der Waals surface area (Å²) >= 11 is 1.71. The lowest BCUT2D eigenvalue weighted by Crippen LogP contribution is -2.04.